The largest absolute Gasteiger partial charge is 0.494 e. The lowest BCUT2D eigenvalue weighted by molar-refractivity contribution is 0.102. The molecule has 1 amide bonds. The fourth-order valence-corrected chi connectivity index (χ4v) is 2.14. The Bertz CT molecular complexity index is 603. The second-order valence-electron chi connectivity index (χ2n) is 3.66. The molecule has 4 nitrogen and oxygen atoms in total. The molecule has 2 rings (SSSR count). The molecular formula is C13H10Cl2N2O2. The van der Waals surface area contributed by atoms with Gasteiger partial charge in [-0.3, -0.25) is 9.78 Å². The number of amides is 1. The third-order valence-corrected chi connectivity index (χ3v) is 2.88. The first kappa shape index (κ1) is 13.6. The van der Waals surface area contributed by atoms with E-state index >= 15 is 0 Å². The number of aromatic nitrogens is 1. The summed E-state index contributed by atoms with van der Waals surface area (Å²) < 4.78 is 5.12. The first-order valence-corrected chi connectivity index (χ1v) is 6.12. The number of hydrogen-bond donors (Lipinski definition) is 1. The number of methoxy groups -OCH3 is 1. The third kappa shape index (κ3) is 3.16. The molecule has 1 aromatic heterocycles. The van der Waals surface area contributed by atoms with Crippen LogP contribution in [0.4, 0.5) is 5.69 Å². The van der Waals surface area contributed by atoms with E-state index in [0.29, 0.717) is 10.7 Å². The highest BCUT2D eigenvalue weighted by molar-refractivity contribution is 6.36. The number of halogens is 2. The number of nitrogens with zero attached hydrogens (tertiary/aromatic N) is 1. The summed E-state index contributed by atoms with van der Waals surface area (Å²) in [6.45, 7) is 0. The van der Waals surface area contributed by atoms with Crippen molar-refractivity contribution in [3.63, 3.8) is 0 Å². The fraction of sp³-hybridized carbons (Fsp3) is 0.0769. The molecule has 6 heteroatoms. The van der Waals surface area contributed by atoms with Crippen LogP contribution in [0.5, 0.6) is 5.75 Å². The predicted molar refractivity (Wildman–Crippen MR) is 75.2 cm³/mol. The van der Waals surface area contributed by atoms with Crippen LogP contribution in [0.2, 0.25) is 10.0 Å². The average molecular weight is 297 g/mol. The lowest BCUT2D eigenvalue weighted by Gasteiger charge is -2.11. The van der Waals surface area contributed by atoms with Crippen LogP contribution in [0.15, 0.2) is 36.7 Å². The van der Waals surface area contributed by atoms with Gasteiger partial charge in [-0.1, -0.05) is 23.2 Å². The monoisotopic (exact) mass is 296 g/mol. The van der Waals surface area contributed by atoms with Crippen LogP contribution in [-0.2, 0) is 0 Å². The maximum atomic E-state index is 12.2. The number of hydrogen-bond acceptors (Lipinski definition) is 3. The molecule has 0 spiro atoms. The molecule has 0 radical (unpaired) electrons. The van der Waals surface area contributed by atoms with E-state index in [1.165, 1.54) is 25.4 Å². The molecule has 0 aliphatic rings. The quantitative estimate of drug-likeness (QED) is 0.940. The van der Waals surface area contributed by atoms with Crippen LogP contribution in [-0.4, -0.2) is 18.0 Å². The highest BCUT2D eigenvalue weighted by Gasteiger charge is 2.16. The van der Waals surface area contributed by atoms with Gasteiger partial charge >= 0.3 is 0 Å². The molecule has 19 heavy (non-hydrogen) atoms. The molecule has 1 heterocycles. The molecule has 0 aliphatic heterocycles. The topological polar surface area (TPSA) is 51.2 Å². The number of benzene rings is 1. The highest BCUT2D eigenvalue weighted by atomic mass is 35.5. The molecule has 0 saturated heterocycles. The smallest absolute Gasteiger partial charge is 0.259 e. The number of anilines is 1. The summed E-state index contributed by atoms with van der Waals surface area (Å²) in [7, 11) is 1.44. The molecule has 0 unspecified atom stereocenters. The van der Waals surface area contributed by atoms with Crippen molar-refractivity contribution >= 4 is 34.8 Å². The van der Waals surface area contributed by atoms with Crippen molar-refractivity contribution in [3.05, 3.63) is 52.3 Å². The number of ether oxygens (including phenoxy) is 1. The first-order valence-electron chi connectivity index (χ1n) is 5.36. The van der Waals surface area contributed by atoms with E-state index in [1.807, 2.05) is 0 Å². The van der Waals surface area contributed by atoms with Crippen LogP contribution in [0, 0.1) is 0 Å². The summed E-state index contributed by atoms with van der Waals surface area (Å²) in [4.78, 5) is 16.1. The van der Waals surface area contributed by atoms with Crippen molar-refractivity contribution in [1.82, 2.24) is 4.98 Å². The number of carbonyl (C=O) groups excluding carboxylic acids is 1. The lowest BCUT2D eigenvalue weighted by atomic mass is 10.2. The van der Waals surface area contributed by atoms with E-state index in [0.717, 1.165) is 0 Å². The van der Waals surface area contributed by atoms with Crippen LogP contribution in [0.25, 0.3) is 0 Å². The summed E-state index contributed by atoms with van der Waals surface area (Å²) in [5.74, 6) is -0.0818. The number of nitrogens with one attached hydrogen (secondary N) is 1. The number of rotatable bonds is 3. The van der Waals surface area contributed by atoms with Gasteiger partial charge in [0, 0.05) is 11.2 Å². The van der Waals surface area contributed by atoms with Gasteiger partial charge < -0.3 is 10.1 Å². The molecule has 0 aliphatic carbocycles. The Balaban J connectivity index is 2.33. The van der Waals surface area contributed by atoms with Crippen molar-refractivity contribution in [2.45, 2.75) is 0 Å². The molecule has 0 atom stereocenters. The summed E-state index contributed by atoms with van der Waals surface area (Å²) >= 11 is 11.9. The molecule has 2 aromatic rings. The van der Waals surface area contributed by atoms with Gasteiger partial charge in [0.15, 0.2) is 0 Å². The van der Waals surface area contributed by atoms with E-state index in [-0.39, 0.29) is 22.2 Å². The zero-order valence-electron chi connectivity index (χ0n) is 9.98. The van der Waals surface area contributed by atoms with Crippen molar-refractivity contribution in [2.75, 3.05) is 12.4 Å². The summed E-state index contributed by atoms with van der Waals surface area (Å²) in [6.07, 6.45) is 3.16. The van der Waals surface area contributed by atoms with Crippen molar-refractivity contribution in [3.8, 4) is 5.75 Å². The van der Waals surface area contributed by atoms with Crippen molar-refractivity contribution < 1.29 is 9.53 Å². The van der Waals surface area contributed by atoms with Crippen LogP contribution >= 0.6 is 23.2 Å². The number of pyridine rings is 1. The summed E-state index contributed by atoms with van der Waals surface area (Å²) in [5.41, 5.74) is 0.842. The van der Waals surface area contributed by atoms with Crippen LogP contribution in [0.1, 0.15) is 10.4 Å². The maximum Gasteiger partial charge on any atom is 0.259 e. The Hall–Kier alpha value is -1.78. The normalized spacial score (nSPS) is 10.1. The van der Waals surface area contributed by atoms with Gasteiger partial charge in [0.1, 0.15) is 5.75 Å². The third-order valence-electron chi connectivity index (χ3n) is 2.38. The average Bonchev–Trinajstić information content (AvgIpc) is 2.39. The van der Waals surface area contributed by atoms with Crippen LogP contribution < -0.4 is 10.1 Å². The Morgan fingerprint density at radius 3 is 2.79 bits per heavy atom. The van der Waals surface area contributed by atoms with Crippen molar-refractivity contribution in [2.24, 2.45) is 0 Å². The Morgan fingerprint density at radius 1 is 1.37 bits per heavy atom. The second kappa shape index (κ2) is 5.91. The van der Waals surface area contributed by atoms with E-state index in [2.05, 4.69) is 10.3 Å². The van der Waals surface area contributed by atoms with Gasteiger partial charge in [-0.2, -0.15) is 0 Å². The molecular weight excluding hydrogens is 287 g/mol. The predicted octanol–water partition coefficient (Wildman–Crippen LogP) is 3.65. The Kier molecular flexibility index (Phi) is 4.24. The van der Waals surface area contributed by atoms with Crippen molar-refractivity contribution in [1.29, 1.82) is 0 Å². The SMILES string of the molecule is COc1c(Cl)cc(Cl)cc1C(=O)Nc1cccnc1. The molecule has 1 aromatic carbocycles. The zero-order chi connectivity index (χ0) is 13.8. The molecule has 0 bridgehead atoms. The lowest BCUT2D eigenvalue weighted by Crippen LogP contribution is -2.13. The minimum atomic E-state index is -0.366. The molecule has 0 saturated carbocycles. The molecule has 1 N–H and O–H groups in total. The minimum Gasteiger partial charge on any atom is -0.494 e. The minimum absolute atomic E-state index is 0.267. The van der Waals surface area contributed by atoms with Crippen LogP contribution in [0.3, 0.4) is 0 Å². The van der Waals surface area contributed by atoms with E-state index in [4.69, 9.17) is 27.9 Å². The summed E-state index contributed by atoms with van der Waals surface area (Å²) in [5, 5.41) is 3.34. The van der Waals surface area contributed by atoms with Gasteiger partial charge in [-0.15, -0.1) is 0 Å². The summed E-state index contributed by atoms with van der Waals surface area (Å²) in [6, 6.07) is 6.46. The standard InChI is InChI=1S/C13H10Cl2N2O2/c1-19-12-10(5-8(14)6-11(12)15)13(18)17-9-3-2-4-16-7-9/h2-7H,1H3,(H,17,18). The number of carbonyl (C=O) groups is 1. The first-order chi connectivity index (χ1) is 9.11. The van der Waals surface area contributed by atoms with Gasteiger partial charge in [-0.25, -0.2) is 0 Å². The van der Waals surface area contributed by atoms with E-state index < -0.39 is 0 Å². The maximum absolute atomic E-state index is 12.2. The van der Waals surface area contributed by atoms with Gasteiger partial charge in [0.25, 0.3) is 5.91 Å². The van der Waals surface area contributed by atoms with E-state index in [1.54, 1.807) is 18.3 Å². The Morgan fingerprint density at radius 2 is 2.16 bits per heavy atom. The Labute approximate surface area is 120 Å². The second-order valence-corrected chi connectivity index (χ2v) is 4.51. The van der Waals surface area contributed by atoms with E-state index in [9.17, 15) is 4.79 Å². The van der Waals surface area contributed by atoms with Gasteiger partial charge in [-0.05, 0) is 24.3 Å². The molecule has 0 fully saturated rings. The molecule has 98 valence electrons. The zero-order valence-corrected chi connectivity index (χ0v) is 11.5. The van der Waals surface area contributed by atoms with Gasteiger partial charge in [0.05, 0.1) is 29.6 Å². The highest BCUT2D eigenvalue weighted by Crippen LogP contribution is 2.32. The van der Waals surface area contributed by atoms with Gasteiger partial charge in [0.2, 0.25) is 0 Å². The fourth-order valence-electron chi connectivity index (χ4n) is 1.57.